The summed E-state index contributed by atoms with van der Waals surface area (Å²) in [5.41, 5.74) is 3.16. The number of hydrogen-bond acceptors (Lipinski definition) is 9. The zero-order valence-corrected chi connectivity index (χ0v) is 26.2. The SMILES string of the molecule is CCCCCOc1cccc([C@H]2/C(=C(\O)c3ccc4c(c3)C[C@H](C)O4)C(=O)C(=O)N2c2nnc(SCc3ccccc3)s2)c1. The standard InChI is InChI=1S/C34H33N3O5S2/c1-3-4-8-16-41-26-13-9-12-23(19-26)29-28(30(38)24-14-15-27-25(18-24)17-21(2)42-27)31(39)32(40)37(29)33-35-36-34(44-33)43-20-22-10-6-5-7-11-22/h5-7,9-15,18-19,21,29,38H,3-4,8,16-17,20H2,1-2H3/b30-28+/t21-,29-/m0/s1. The Morgan fingerprint density at radius 3 is 2.73 bits per heavy atom. The Morgan fingerprint density at radius 1 is 1.07 bits per heavy atom. The van der Waals surface area contributed by atoms with Crippen LogP contribution in [0.3, 0.4) is 0 Å². The average Bonchev–Trinajstić information content (AvgIpc) is 3.73. The molecule has 44 heavy (non-hydrogen) atoms. The lowest BCUT2D eigenvalue weighted by Crippen LogP contribution is -2.29. The van der Waals surface area contributed by atoms with E-state index in [9.17, 15) is 14.7 Å². The number of amides is 1. The second-order valence-electron chi connectivity index (χ2n) is 10.9. The minimum absolute atomic E-state index is 0.00117. The number of aliphatic hydroxyl groups excluding tert-OH is 1. The fraction of sp³-hybridized carbons (Fsp3) is 0.294. The van der Waals surface area contributed by atoms with E-state index in [1.165, 1.54) is 28.0 Å². The molecule has 2 atom stereocenters. The van der Waals surface area contributed by atoms with Crippen molar-refractivity contribution in [3.8, 4) is 11.5 Å². The average molecular weight is 628 g/mol. The summed E-state index contributed by atoms with van der Waals surface area (Å²) in [4.78, 5) is 28.8. The van der Waals surface area contributed by atoms with Crippen LogP contribution in [-0.4, -0.2) is 39.7 Å². The van der Waals surface area contributed by atoms with Gasteiger partial charge in [-0.05, 0) is 60.4 Å². The van der Waals surface area contributed by atoms with E-state index in [1.54, 1.807) is 12.1 Å². The zero-order valence-electron chi connectivity index (χ0n) is 24.6. The lowest BCUT2D eigenvalue weighted by molar-refractivity contribution is -0.132. The van der Waals surface area contributed by atoms with Crippen LogP contribution in [0, 0.1) is 0 Å². The maximum atomic E-state index is 13.7. The van der Waals surface area contributed by atoms with Crippen LogP contribution in [-0.2, 0) is 21.8 Å². The molecule has 1 N–H and O–H groups in total. The number of aromatic nitrogens is 2. The predicted molar refractivity (Wildman–Crippen MR) is 172 cm³/mol. The van der Waals surface area contributed by atoms with Gasteiger partial charge in [0.2, 0.25) is 5.13 Å². The number of benzene rings is 3. The Hall–Kier alpha value is -4.15. The Bertz CT molecular complexity index is 1700. The number of carbonyl (C=O) groups excluding carboxylic acids is 2. The molecule has 0 bridgehead atoms. The van der Waals surface area contributed by atoms with Crippen LogP contribution in [0.25, 0.3) is 5.76 Å². The Labute approximate surface area is 264 Å². The number of fused-ring (bicyclic) bond motifs is 1. The van der Waals surface area contributed by atoms with Crippen LogP contribution in [0.4, 0.5) is 5.13 Å². The van der Waals surface area contributed by atoms with Crippen molar-refractivity contribution >= 4 is 45.7 Å². The van der Waals surface area contributed by atoms with Gasteiger partial charge in [0.15, 0.2) is 4.34 Å². The first-order valence-corrected chi connectivity index (χ1v) is 16.6. The number of ketones is 1. The van der Waals surface area contributed by atoms with Crippen molar-refractivity contribution in [1.82, 2.24) is 10.2 Å². The first-order chi connectivity index (χ1) is 21.4. The molecule has 2 aliphatic heterocycles. The van der Waals surface area contributed by atoms with E-state index in [2.05, 4.69) is 17.1 Å². The molecule has 1 fully saturated rings. The van der Waals surface area contributed by atoms with Crippen molar-refractivity contribution in [2.45, 2.75) is 61.8 Å². The number of hydrogen-bond donors (Lipinski definition) is 1. The lowest BCUT2D eigenvalue weighted by Gasteiger charge is -2.23. The van der Waals surface area contributed by atoms with Gasteiger partial charge in [0.25, 0.3) is 5.78 Å². The quantitative estimate of drug-likeness (QED) is 0.0460. The topological polar surface area (TPSA) is 102 Å². The minimum atomic E-state index is -0.919. The molecule has 0 radical (unpaired) electrons. The van der Waals surface area contributed by atoms with Gasteiger partial charge >= 0.3 is 5.91 Å². The Balaban J connectivity index is 1.38. The van der Waals surface area contributed by atoms with E-state index in [0.29, 0.717) is 40.0 Å². The highest BCUT2D eigenvalue weighted by atomic mass is 32.2. The van der Waals surface area contributed by atoms with E-state index < -0.39 is 17.7 Å². The fourth-order valence-corrected chi connectivity index (χ4v) is 7.29. The molecule has 1 saturated heterocycles. The molecule has 1 aromatic heterocycles. The number of carbonyl (C=O) groups is 2. The number of ether oxygens (including phenoxy) is 2. The van der Waals surface area contributed by atoms with Crippen molar-refractivity contribution in [1.29, 1.82) is 0 Å². The van der Waals surface area contributed by atoms with E-state index in [4.69, 9.17) is 9.47 Å². The third-order valence-corrected chi connectivity index (χ3v) is 9.74. The van der Waals surface area contributed by atoms with Crippen molar-refractivity contribution in [2.75, 3.05) is 11.5 Å². The Morgan fingerprint density at radius 2 is 1.91 bits per heavy atom. The molecular weight excluding hydrogens is 595 g/mol. The summed E-state index contributed by atoms with van der Waals surface area (Å²) in [6.07, 6.45) is 3.79. The zero-order chi connectivity index (χ0) is 30.6. The maximum absolute atomic E-state index is 13.7. The van der Waals surface area contributed by atoms with Gasteiger partial charge < -0.3 is 14.6 Å². The molecule has 8 nitrogen and oxygen atoms in total. The second kappa shape index (κ2) is 13.2. The van der Waals surface area contributed by atoms with Gasteiger partial charge in [0, 0.05) is 17.7 Å². The monoisotopic (exact) mass is 627 g/mol. The first kappa shape index (κ1) is 29.9. The third-order valence-electron chi connectivity index (χ3n) is 7.61. The largest absolute Gasteiger partial charge is 0.507 e. The fourth-order valence-electron chi connectivity index (χ4n) is 5.46. The highest BCUT2D eigenvalue weighted by Gasteiger charge is 2.48. The van der Waals surface area contributed by atoms with Crippen molar-refractivity contribution in [3.63, 3.8) is 0 Å². The summed E-state index contributed by atoms with van der Waals surface area (Å²) in [5.74, 6) is 0.295. The molecule has 0 aliphatic carbocycles. The molecule has 0 saturated carbocycles. The van der Waals surface area contributed by atoms with Crippen LogP contribution in [0.15, 0.2) is 82.7 Å². The second-order valence-corrected chi connectivity index (χ2v) is 13.1. The van der Waals surface area contributed by atoms with Gasteiger partial charge in [-0.2, -0.15) is 0 Å². The summed E-state index contributed by atoms with van der Waals surface area (Å²) >= 11 is 2.76. The molecular formula is C34H33N3O5S2. The summed E-state index contributed by atoms with van der Waals surface area (Å²) in [5, 5.41) is 20.6. The molecule has 0 spiro atoms. The molecule has 226 valence electrons. The smallest absolute Gasteiger partial charge is 0.301 e. The van der Waals surface area contributed by atoms with Crippen molar-refractivity contribution in [3.05, 3.63) is 101 Å². The van der Waals surface area contributed by atoms with Gasteiger partial charge in [-0.1, -0.05) is 85.3 Å². The molecule has 3 aromatic carbocycles. The van der Waals surface area contributed by atoms with Crippen LogP contribution in [0.2, 0.25) is 0 Å². The lowest BCUT2D eigenvalue weighted by atomic mass is 9.94. The molecule has 6 rings (SSSR count). The Kier molecular flexibility index (Phi) is 8.99. The molecule has 2 aliphatic rings. The normalized spacial score (nSPS) is 18.8. The van der Waals surface area contributed by atoms with E-state index in [1.807, 2.05) is 67.6 Å². The number of anilines is 1. The molecule has 0 unspecified atom stereocenters. The molecule has 3 heterocycles. The van der Waals surface area contributed by atoms with Gasteiger partial charge in [-0.3, -0.25) is 14.5 Å². The summed E-state index contributed by atoms with van der Waals surface area (Å²) < 4.78 is 12.5. The van der Waals surface area contributed by atoms with Crippen LogP contribution < -0.4 is 14.4 Å². The molecule has 1 amide bonds. The van der Waals surface area contributed by atoms with Crippen molar-refractivity contribution in [2.24, 2.45) is 0 Å². The number of aliphatic hydroxyl groups is 1. The van der Waals surface area contributed by atoms with Crippen LogP contribution >= 0.6 is 23.1 Å². The number of rotatable bonds is 11. The van der Waals surface area contributed by atoms with Gasteiger partial charge in [0.05, 0.1) is 18.2 Å². The number of thioether (sulfide) groups is 1. The molecule has 10 heteroatoms. The summed E-state index contributed by atoms with van der Waals surface area (Å²) in [6, 6.07) is 21.8. The first-order valence-electron chi connectivity index (χ1n) is 14.8. The summed E-state index contributed by atoms with van der Waals surface area (Å²) in [7, 11) is 0. The van der Waals surface area contributed by atoms with Gasteiger partial charge in [0.1, 0.15) is 23.4 Å². The summed E-state index contributed by atoms with van der Waals surface area (Å²) in [6.45, 7) is 4.68. The number of nitrogens with zero attached hydrogens (tertiary/aromatic N) is 3. The highest BCUT2D eigenvalue weighted by Crippen LogP contribution is 2.45. The van der Waals surface area contributed by atoms with Gasteiger partial charge in [-0.25, -0.2) is 0 Å². The van der Waals surface area contributed by atoms with E-state index in [-0.39, 0.29) is 22.6 Å². The van der Waals surface area contributed by atoms with E-state index in [0.717, 1.165) is 36.1 Å². The predicted octanol–water partition coefficient (Wildman–Crippen LogP) is 7.35. The van der Waals surface area contributed by atoms with E-state index >= 15 is 0 Å². The highest BCUT2D eigenvalue weighted by molar-refractivity contribution is 8.00. The maximum Gasteiger partial charge on any atom is 0.301 e. The van der Waals surface area contributed by atoms with Crippen molar-refractivity contribution < 1.29 is 24.2 Å². The molecule has 4 aromatic rings. The minimum Gasteiger partial charge on any atom is -0.507 e. The van der Waals surface area contributed by atoms with Crippen LogP contribution in [0.5, 0.6) is 11.5 Å². The number of unbranched alkanes of at least 4 members (excludes halogenated alkanes) is 2. The third kappa shape index (κ3) is 6.23. The number of Topliss-reactive ketones (excluding diaryl/α,β-unsaturated/α-hetero) is 1. The van der Waals surface area contributed by atoms with Crippen LogP contribution in [0.1, 0.15) is 61.4 Å². The van der Waals surface area contributed by atoms with Gasteiger partial charge in [-0.15, -0.1) is 10.2 Å².